The van der Waals surface area contributed by atoms with Crippen LogP contribution in [0.5, 0.6) is 0 Å². The summed E-state index contributed by atoms with van der Waals surface area (Å²) < 4.78 is 1.52. The van der Waals surface area contributed by atoms with Gasteiger partial charge in [-0.05, 0) is 26.3 Å². The molecule has 110 valence electrons. The number of carbonyl (C=O) groups excluding carboxylic acids is 1. The first-order valence-electron chi connectivity index (χ1n) is 6.69. The van der Waals surface area contributed by atoms with Crippen LogP contribution in [0.25, 0.3) is 5.78 Å². The molecule has 1 amide bonds. The van der Waals surface area contributed by atoms with Crippen molar-refractivity contribution in [2.45, 2.75) is 20.3 Å². The lowest BCUT2D eigenvalue weighted by Crippen LogP contribution is -2.30. The molecule has 0 spiro atoms. The summed E-state index contributed by atoms with van der Waals surface area (Å²) in [7, 11) is 0. The van der Waals surface area contributed by atoms with Gasteiger partial charge in [-0.1, -0.05) is 0 Å². The second-order valence-electron chi connectivity index (χ2n) is 5.26. The van der Waals surface area contributed by atoms with Crippen LogP contribution in [0, 0.1) is 19.8 Å². The van der Waals surface area contributed by atoms with Crippen LogP contribution in [0.2, 0.25) is 0 Å². The van der Waals surface area contributed by atoms with E-state index in [4.69, 9.17) is 5.11 Å². The van der Waals surface area contributed by atoms with Crippen molar-refractivity contribution in [1.29, 1.82) is 0 Å². The molecule has 2 aromatic heterocycles. The van der Waals surface area contributed by atoms with Gasteiger partial charge in [-0.15, -0.1) is 5.10 Å². The Bertz CT molecular complexity index is 739. The summed E-state index contributed by atoms with van der Waals surface area (Å²) in [5, 5.41) is 13.2. The van der Waals surface area contributed by atoms with E-state index in [9.17, 15) is 9.59 Å². The van der Waals surface area contributed by atoms with Gasteiger partial charge in [-0.3, -0.25) is 9.59 Å². The van der Waals surface area contributed by atoms with Gasteiger partial charge in [-0.25, -0.2) is 9.50 Å². The van der Waals surface area contributed by atoms with Crippen molar-refractivity contribution in [3.63, 3.8) is 0 Å². The molecule has 2 aromatic rings. The number of nitrogens with zero attached hydrogens (tertiary/aromatic N) is 5. The molecule has 0 saturated carbocycles. The fraction of sp³-hybridized carbons (Fsp3) is 0.462. The molecule has 1 saturated heterocycles. The highest BCUT2D eigenvalue weighted by Crippen LogP contribution is 2.18. The van der Waals surface area contributed by atoms with Crippen LogP contribution >= 0.6 is 0 Å². The first kappa shape index (κ1) is 13.5. The normalized spacial score (nSPS) is 18.4. The topological polar surface area (TPSA) is 101 Å². The summed E-state index contributed by atoms with van der Waals surface area (Å²) in [6.07, 6.45) is 0.463. The predicted molar refractivity (Wildman–Crippen MR) is 71.9 cm³/mol. The number of hydrogen-bond acceptors (Lipinski definition) is 5. The number of rotatable bonds is 2. The molecule has 0 aliphatic carbocycles. The molecular formula is C13H15N5O3. The Morgan fingerprint density at radius 2 is 2.10 bits per heavy atom. The Morgan fingerprint density at radius 3 is 2.76 bits per heavy atom. The maximum Gasteiger partial charge on any atom is 0.308 e. The minimum Gasteiger partial charge on any atom is -0.481 e. The van der Waals surface area contributed by atoms with Crippen molar-refractivity contribution in [2.24, 2.45) is 5.92 Å². The number of carboxylic acids is 1. The zero-order valence-electron chi connectivity index (χ0n) is 11.8. The highest BCUT2D eigenvalue weighted by molar-refractivity contribution is 5.91. The Labute approximate surface area is 120 Å². The molecule has 1 aliphatic heterocycles. The molecule has 3 heterocycles. The third-order valence-electron chi connectivity index (χ3n) is 3.63. The van der Waals surface area contributed by atoms with Gasteiger partial charge in [0.05, 0.1) is 5.92 Å². The van der Waals surface area contributed by atoms with Gasteiger partial charge < -0.3 is 10.0 Å². The van der Waals surface area contributed by atoms with Crippen molar-refractivity contribution in [3.05, 3.63) is 23.3 Å². The van der Waals surface area contributed by atoms with Crippen LogP contribution in [0.3, 0.4) is 0 Å². The summed E-state index contributed by atoms with van der Waals surface area (Å²) >= 11 is 0. The van der Waals surface area contributed by atoms with Crippen LogP contribution in [-0.4, -0.2) is 54.6 Å². The average Bonchev–Trinajstić information content (AvgIpc) is 3.04. The van der Waals surface area contributed by atoms with Crippen LogP contribution < -0.4 is 0 Å². The Morgan fingerprint density at radius 1 is 1.33 bits per heavy atom. The van der Waals surface area contributed by atoms with Crippen molar-refractivity contribution in [1.82, 2.24) is 24.5 Å². The van der Waals surface area contributed by atoms with E-state index >= 15 is 0 Å². The highest BCUT2D eigenvalue weighted by atomic mass is 16.4. The number of aromatic nitrogens is 4. The maximum atomic E-state index is 12.3. The van der Waals surface area contributed by atoms with Crippen LogP contribution in [-0.2, 0) is 4.79 Å². The highest BCUT2D eigenvalue weighted by Gasteiger charge is 2.33. The first-order chi connectivity index (χ1) is 9.95. The maximum absolute atomic E-state index is 12.3. The van der Waals surface area contributed by atoms with E-state index in [0.717, 1.165) is 11.4 Å². The molecule has 3 rings (SSSR count). The number of fused-ring (bicyclic) bond motifs is 1. The van der Waals surface area contributed by atoms with Gasteiger partial charge in [0, 0.05) is 24.5 Å². The number of carbonyl (C=O) groups is 2. The zero-order chi connectivity index (χ0) is 15.1. The van der Waals surface area contributed by atoms with Gasteiger partial charge >= 0.3 is 5.97 Å². The van der Waals surface area contributed by atoms with Gasteiger partial charge in [0.15, 0.2) is 0 Å². The van der Waals surface area contributed by atoms with Crippen LogP contribution in [0.4, 0.5) is 0 Å². The standard InChI is InChI=1S/C13H15N5O3/c1-7-5-8(2)18-13(14-7)15-10(16-18)11(19)17-4-3-9(6-17)12(20)21/h5,9H,3-4,6H2,1-2H3,(H,20,21). The van der Waals surface area contributed by atoms with E-state index in [0.29, 0.717) is 18.7 Å². The Balaban J connectivity index is 1.89. The van der Waals surface area contributed by atoms with Crippen molar-refractivity contribution in [3.8, 4) is 0 Å². The summed E-state index contributed by atoms with van der Waals surface area (Å²) in [5.74, 6) is -1.29. The van der Waals surface area contributed by atoms with Gasteiger partial charge in [0.1, 0.15) is 0 Å². The van der Waals surface area contributed by atoms with Crippen molar-refractivity contribution >= 4 is 17.7 Å². The van der Waals surface area contributed by atoms with E-state index in [1.54, 1.807) is 0 Å². The molecule has 8 nitrogen and oxygen atoms in total. The van der Waals surface area contributed by atoms with Crippen LogP contribution in [0.1, 0.15) is 28.4 Å². The minimum atomic E-state index is -0.874. The lowest BCUT2D eigenvalue weighted by molar-refractivity contribution is -0.141. The van der Waals surface area contributed by atoms with Gasteiger partial charge in [0.25, 0.3) is 11.7 Å². The second kappa shape index (κ2) is 4.80. The molecule has 1 aliphatic rings. The van der Waals surface area contributed by atoms with Crippen LogP contribution in [0.15, 0.2) is 6.07 Å². The second-order valence-corrected chi connectivity index (χ2v) is 5.26. The number of aryl methyl sites for hydroxylation is 2. The Kier molecular flexibility index (Phi) is 3.08. The van der Waals surface area contributed by atoms with E-state index in [-0.39, 0.29) is 18.3 Å². The summed E-state index contributed by atoms with van der Waals surface area (Å²) in [6, 6.07) is 1.85. The molecule has 8 heteroatoms. The zero-order valence-corrected chi connectivity index (χ0v) is 11.8. The third-order valence-corrected chi connectivity index (χ3v) is 3.63. The van der Waals surface area contributed by atoms with E-state index in [2.05, 4.69) is 15.1 Å². The quantitative estimate of drug-likeness (QED) is 0.852. The monoisotopic (exact) mass is 289 g/mol. The SMILES string of the molecule is Cc1cc(C)n2nc(C(=O)N3CCC(C(=O)O)C3)nc2n1. The van der Waals surface area contributed by atoms with Crippen molar-refractivity contribution in [2.75, 3.05) is 13.1 Å². The number of aliphatic carboxylic acids is 1. The molecule has 1 fully saturated rings. The lowest BCUT2D eigenvalue weighted by Gasteiger charge is -2.12. The molecular weight excluding hydrogens is 274 g/mol. The fourth-order valence-electron chi connectivity index (χ4n) is 2.54. The molecule has 1 N–H and O–H groups in total. The number of amides is 1. The molecule has 1 unspecified atom stereocenters. The number of hydrogen-bond donors (Lipinski definition) is 1. The van der Waals surface area contributed by atoms with E-state index < -0.39 is 11.9 Å². The summed E-state index contributed by atoms with van der Waals surface area (Å²) in [5.41, 5.74) is 1.65. The average molecular weight is 289 g/mol. The van der Waals surface area contributed by atoms with Gasteiger partial charge in [0.2, 0.25) is 5.82 Å². The van der Waals surface area contributed by atoms with Gasteiger partial charge in [-0.2, -0.15) is 4.98 Å². The van der Waals surface area contributed by atoms with Crippen molar-refractivity contribution < 1.29 is 14.7 Å². The summed E-state index contributed by atoms with van der Waals surface area (Å²) in [6.45, 7) is 4.33. The third kappa shape index (κ3) is 2.32. The molecule has 1 atom stereocenters. The largest absolute Gasteiger partial charge is 0.481 e. The lowest BCUT2D eigenvalue weighted by atomic mass is 10.1. The smallest absolute Gasteiger partial charge is 0.308 e. The summed E-state index contributed by atoms with van der Waals surface area (Å²) in [4.78, 5) is 33.2. The predicted octanol–water partition coefficient (Wildman–Crippen LogP) is 0.288. The molecule has 0 aromatic carbocycles. The molecule has 21 heavy (non-hydrogen) atoms. The van der Waals surface area contributed by atoms with E-state index in [1.807, 2.05) is 19.9 Å². The Hall–Kier alpha value is -2.51. The molecule has 0 bridgehead atoms. The minimum absolute atomic E-state index is 0.0576. The van der Waals surface area contributed by atoms with E-state index in [1.165, 1.54) is 9.42 Å². The molecule has 0 radical (unpaired) electrons. The number of likely N-dealkylation sites (tertiary alicyclic amines) is 1. The number of carboxylic acid groups (broad SMARTS) is 1. The first-order valence-corrected chi connectivity index (χ1v) is 6.69. The fourth-order valence-corrected chi connectivity index (χ4v) is 2.54.